The van der Waals surface area contributed by atoms with E-state index in [4.69, 9.17) is 0 Å². The Morgan fingerprint density at radius 1 is 0.800 bits per heavy atom. The minimum atomic E-state index is 0.137. The minimum Gasteiger partial charge on any atom is -0.341 e. The largest absolute Gasteiger partial charge is 0.341 e. The van der Waals surface area contributed by atoms with Gasteiger partial charge in [-0.25, -0.2) is 0 Å². The molecule has 1 N–H and O–H groups in total. The zero-order chi connectivity index (χ0) is 20.2. The average molecular weight is 406 g/mol. The average Bonchev–Trinajstić information content (AvgIpc) is 2.73. The number of rotatable bonds is 2. The summed E-state index contributed by atoms with van der Waals surface area (Å²) in [6, 6.07) is 10.2. The van der Waals surface area contributed by atoms with Gasteiger partial charge in [0, 0.05) is 24.2 Å². The summed E-state index contributed by atoms with van der Waals surface area (Å²) >= 11 is 0. The van der Waals surface area contributed by atoms with Crippen LogP contribution in [0.15, 0.2) is 36.7 Å². The van der Waals surface area contributed by atoms with Gasteiger partial charge in [-0.1, -0.05) is 44.4 Å². The van der Waals surface area contributed by atoms with Gasteiger partial charge in [0.15, 0.2) is 0 Å². The van der Waals surface area contributed by atoms with Crippen molar-refractivity contribution in [2.75, 3.05) is 5.32 Å². The lowest BCUT2D eigenvalue weighted by atomic mass is 9.68. The first-order valence-corrected chi connectivity index (χ1v) is 12.3. The van der Waals surface area contributed by atoms with Crippen LogP contribution in [-0.4, -0.2) is 39.9 Å². The van der Waals surface area contributed by atoms with Crippen LogP contribution in [-0.2, 0) is 0 Å². The van der Waals surface area contributed by atoms with Crippen LogP contribution in [0.25, 0.3) is 0 Å². The Morgan fingerprint density at radius 2 is 1.47 bits per heavy atom. The molecule has 1 aromatic carbocycles. The summed E-state index contributed by atoms with van der Waals surface area (Å²) < 4.78 is 0. The van der Waals surface area contributed by atoms with Crippen molar-refractivity contribution < 1.29 is 4.79 Å². The second-order valence-electron chi connectivity index (χ2n) is 10.6. The third-order valence-corrected chi connectivity index (χ3v) is 8.84. The van der Waals surface area contributed by atoms with Crippen LogP contribution in [0, 0.1) is 11.8 Å². The molecule has 2 aliphatic carbocycles. The number of nitrogens with one attached hydrogen (secondary N) is 1. The molecule has 4 bridgehead atoms. The lowest BCUT2D eigenvalue weighted by Gasteiger charge is -2.56. The number of piperidine rings is 2. The van der Waals surface area contributed by atoms with Gasteiger partial charge in [-0.3, -0.25) is 14.6 Å². The number of carbonyl (C=O) groups excluding carboxylic acids is 1. The molecule has 4 fully saturated rings. The lowest BCUT2D eigenvalue weighted by Crippen LogP contribution is -2.62. The quantitative estimate of drug-likeness (QED) is 0.717. The SMILES string of the molecule is C=C1Nc2ccccc2C(=O)N1[C@H]1C[C@H]2CCC[C@@H](C1)N2[C@H]1C[C@@H]2CCC[C@@H](C2)C1. The van der Waals surface area contributed by atoms with Gasteiger partial charge in [-0.2, -0.15) is 0 Å². The van der Waals surface area contributed by atoms with Crippen LogP contribution in [0.2, 0.25) is 0 Å². The zero-order valence-corrected chi connectivity index (χ0v) is 18.1. The van der Waals surface area contributed by atoms with Crippen LogP contribution in [0.4, 0.5) is 5.69 Å². The third-order valence-electron chi connectivity index (χ3n) is 8.84. The molecule has 4 heteroatoms. The summed E-state index contributed by atoms with van der Waals surface area (Å²) in [4.78, 5) is 18.3. The molecule has 2 saturated heterocycles. The molecule has 4 nitrogen and oxygen atoms in total. The van der Waals surface area contributed by atoms with E-state index in [9.17, 15) is 4.79 Å². The molecule has 6 atom stereocenters. The molecule has 30 heavy (non-hydrogen) atoms. The normalized spacial score (nSPS) is 38.7. The Balaban J connectivity index is 1.23. The summed E-state index contributed by atoms with van der Waals surface area (Å²) in [5.74, 6) is 2.86. The number of nitrogens with zero attached hydrogens (tertiary/aromatic N) is 2. The highest BCUT2D eigenvalue weighted by Gasteiger charge is 2.47. The molecular weight excluding hydrogens is 370 g/mol. The van der Waals surface area contributed by atoms with Crippen molar-refractivity contribution in [3.8, 4) is 0 Å². The molecule has 0 radical (unpaired) electrons. The van der Waals surface area contributed by atoms with Crippen LogP contribution < -0.4 is 5.32 Å². The number of hydrogen-bond acceptors (Lipinski definition) is 3. The maximum atomic E-state index is 13.4. The molecule has 2 saturated carbocycles. The molecule has 0 spiro atoms. The van der Waals surface area contributed by atoms with E-state index >= 15 is 0 Å². The maximum absolute atomic E-state index is 13.4. The standard InChI is InChI=1S/C26H35N3O/c1-17-27-25-11-3-2-10-24(25)26(30)28(17)23-15-20-8-5-9-21(16-23)29(20)22-13-18-6-4-7-19(12-18)14-22/h2-3,10-11,18-23,27H,1,4-9,12-16H2/t18-,19+,20-,21+,22+,23+. The van der Waals surface area contributed by atoms with Crippen LogP contribution >= 0.6 is 0 Å². The van der Waals surface area contributed by atoms with Crippen molar-refractivity contribution in [2.24, 2.45) is 11.8 Å². The van der Waals surface area contributed by atoms with Gasteiger partial charge in [-0.15, -0.1) is 0 Å². The predicted molar refractivity (Wildman–Crippen MR) is 120 cm³/mol. The second-order valence-corrected chi connectivity index (χ2v) is 10.6. The van der Waals surface area contributed by atoms with Crippen molar-refractivity contribution in [1.82, 2.24) is 9.80 Å². The first-order chi connectivity index (χ1) is 14.7. The van der Waals surface area contributed by atoms with E-state index in [2.05, 4.69) is 16.8 Å². The first-order valence-electron chi connectivity index (χ1n) is 12.3. The van der Waals surface area contributed by atoms with Gasteiger partial charge in [0.1, 0.15) is 5.82 Å². The van der Waals surface area contributed by atoms with Gasteiger partial charge >= 0.3 is 0 Å². The maximum Gasteiger partial charge on any atom is 0.261 e. The Morgan fingerprint density at radius 3 is 2.20 bits per heavy atom. The first kappa shape index (κ1) is 18.9. The van der Waals surface area contributed by atoms with Gasteiger partial charge < -0.3 is 5.32 Å². The van der Waals surface area contributed by atoms with E-state index in [0.29, 0.717) is 12.1 Å². The number of para-hydroxylation sites is 1. The fourth-order valence-electron chi connectivity index (χ4n) is 7.77. The lowest BCUT2D eigenvalue weighted by molar-refractivity contribution is -0.0539. The van der Waals surface area contributed by atoms with Gasteiger partial charge in [0.25, 0.3) is 5.91 Å². The van der Waals surface area contributed by atoms with Crippen molar-refractivity contribution >= 4 is 11.6 Å². The zero-order valence-electron chi connectivity index (χ0n) is 18.1. The van der Waals surface area contributed by atoms with E-state index in [-0.39, 0.29) is 11.9 Å². The van der Waals surface area contributed by atoms with Crippen LogP contribution in [0.1, 0.15) is 81.0 Å². The number of hydrogen-bond donors (Lipinski definition) is 1. The summed E-state index contributed by atoms with van der Waals surface area (Å²) in [5.41, 5.74) is 1.69. The van der Waals surface area contributed by atoms with Crippen LogP contribution in [0.5, 0.6) is 0 Å². The molecule has 0 aromatic heterocycles. The van der Waals surface area contributed by atoms with Gasteiger partial charge in [0.05, 0.1) is 11.3 Å². The number of carbonyl (C=O) groups is 1. The highest BCUT2D eigenvalue weighted by molar-refractivity contribution is 6.03. The van der Waals surface area contributed by atoms with E-state index < -0.39 is 0 Å². The Kier molecular flexibility index (Phi) is 4.67. The Labute approximate surface area is 180 Å². The molecule has 160 valence electrons. The monoisotopic (exact) mass is 405 g/mol. The van der Waals surface area contributed by atoms with E-state index in [1.54, 1.807) is 0 Å². The Hall–Kier alpha value is -1.81. The summed E-state index contributed by atoms with van der Waals surface area (Å²) in [6.07, 6.45) is 14.9. The molecule has 5 aliphatic rings. The van der Waals surface area contributed by atoms with E-state index in [1.807, 2.05) is 29.2 Å². The minimum absolute atomic E-state index is 0.137. The highest BCUT2D eigenvalue weighted by atomic mass is 16.2. The van der Waals surface area contributed by atoms with Crippen molar-refractivity contribution in [3.05, 3.63) is 42.2 Å². The predicted octanol–water partition coefficient (Wildman–Crippen LogP) is 5.38. The summed E-state index contributed by atoms with van der Waals surface area (Å²) in [5, 5.41) is 3.40. The molecule has 6 rings (SSSR count). The molecule has 3 heterocycles. The van der Waals surface area contributed by atoms with Crippen molar-refractivity contribution in [2.45, 2.75) is 94.8 Å². The molecule has 1 amide bonds. The van der Waals surface area contributed by atoms with Gasteiger partial charge in [0.2, 0.25) is 0 Å². The molecule has 1 aromatic rings. The third kappa shape index (κ3) is 3.10. The summed E-state index contributed by atoms with van der Waals surface area (Å²) in [6.45, 7) is 4.24. The van der Waals surface area contributed by atoms with Crippen LogP contribution in [0.3, 0.4) is 0 Å². The fourth-order valence-corrected chi connectivity index (χ4v) is 7.77. The number of amides is 1. The smallest absolute Gasteiger partial charge is 0.261 e. The van der Waals surface area contributed by atoms with E-state index in [0.717, 1.165) is 47.8 Å². The number of benzene rings is 1. The van der Waals surface area contributed by atoms with Gasteiger partial charge in [-0.05, 0) is 68.9 Å². The van der Waals surface area contributed by atoms with Crippen molar-refractivity contribution in [1.29, 1.82) is 0 Å². The molecule has 3 aliphatic heterocycles. The second kappa shape index (κ2) is 7.40. The Bertz CT molecular complexity index is 824. The molecule has 0 unspecified atom stereocenters. The topological polar surface area (TPSA) is 35.6 Å². The summed E-state index contributed by atoms with van der Waals surface area (Å²) in [7, 11) is 0. The number of fused-ring (bicyclic) bond motifs is 5. The van der Waals surface area contributed by atoms with E-state index in [1.165, 1.54) is 57.8 Å². The number of anilines is 1. The highest BCUT2D eigenvalue weighted by Crippen LogP contribution is 2.47. The molecular formula is C26H35N3O. The fraction of sp³-hybridized carbons (Fsp3) is 0.654. The van der Waals surface area contributed by atoms with Crippen molar-refractivity contribution in [3.63, 3.8) is 0 Å².